The first-order chi connectivity index (χ1) is 30.7. The van der Waals surface area contributed by atoms with Crippen molar-refractivity contribution < 1.29 is 0 Å². The molecule has 4 nitrogen and oxygen atoms in total. The fourth-order valence-electron chi connectivity index (χ4n) is 9.84. The van der Waals surface area contributed by atoms with E-state index in [-0.39, 0.29) is 0 Å². The molecule has 11 aromatic carbocycles. The fourth-order valence-corrected chi connectivity index (χ4v) is 9.84. The van der Waals surface area contributed by atoms with Crippen LogP contribution in [0.4, 0.5) is 0 Å². The molecule has 0 saturated carbocycles. The first kappa shape index (κ1) is 34.5. The van der Waals surface area contributed by atoms with Crippen molar-refractivity contribution in [1.82, 2.24) is 19.9 Å². The zero-order chi connectivity index (χ0) is 40.7. The molecule has 0 aliphatic carbocycles. The molecule has 62 heavy (non-hydrogen) atoms. The Balaban J connectivity index is 1.06. The van der Waals surface area contributed by atoms with Gasteiger partial charge in [0, 0.05) is 38.4 Å². The molecular weight excluding hydrogens is 753 g/mol. The first-order valence-corrected chi connectivity index (χ1v) is 21.1. The summed E-state index contributed by atoms with van der Waals surface area (Å²) >= 11 is 0. The third-order valence-electron chi connectivity index (χ3n) is 12.6. The molecule has 4 heteroatoms. The molecular formula is C58H34N4. The maximum atomic E-state index is 5.41. The van der Waals surface area contributed by atoms with Crippen LogP contribution in [0.3, 0.4) is 0 Å². The van der Waals surface area contributed by atoms with E-state index in [4.69, 9.17) is 19.9 Å². The maximum absolute atomic E-state index is 5.41. The van der Waals surface area contributed by atoms with E-state index in [0.29, 0.717) is 17.5 Å². The molecule has 2 aromatic heterocycles. The van der Waals surface area contributed by atoms with Crippen molar-refractivity contribution in [3.8, 4) is 45.4 Å². The van der Waals surface area contributed by atoms with Gasteiger partial charge in [-0.25, -0.2) is 19.9 Å². The molecule has 0 saturated heterocycles. The standard InChI is InChI=1S/C58H34N4/c1-3-17-39-37(15-1)33-50(45-23-7-5-19-41(39)45)57-60-56(61-58(62-57)51-34-38-16-2-4-18-40(38)42-20-6-8-24-46(42)51)36-31-29-35(30-32-36)55-54-48-26-12-10-22-44(48)43-21-9-11-25-47(43)53(54)49-27-13-14-28-52(49)59-55/h1-34H. The summed E-state index contributed by atoms with van der Waals surface area (Å²) < 4.78 is 0. The van der Waals surface area contributed by atoms with Gasteiger partial charge in [0.25, 0.3) is 0 Å². The highest BCUT2D eigenvalue weighted by Gasteiger charge is 2.20. The van der Waals surface area contributed by atoms with Crippen LogP contribution in [-0.4, -0.2) is 19.9 Å². The fraction of sp³-hybridized carbons (Fsp3) is 0. The van der Waals surface area contributed by atoms with Crippen molar-refractivity contribution in [2.45, 2.75) is 0 Å². The molecule has 13 rings (SSSR count). The predicted octanol–water partition coefficient (Wildman–Crippen LogP) is 15.2. The highest BCUT2D eigenvalue weighted by Crippen LogP contribution is 2.43. The van der Waals surface area contributed by atoms with Crippen LogP contribution in [0, 0.1) is 0 Å². The summed E-state index contributed by atoms with van der Waals surface area (Å²) in [6.45, 7) is 0. The molecule has 2 heterocycles. The van der Waals surface area contributed by atoms with Crippen molar-refractivity contribution >= 4 is 86.3 Å². The summed E-state index contributed by atoms with van der Waals surface area (Å²) in [5.74, 6) is 1.88. The van der Waals surface area contributed by atoms with Gasteiger partial charge in [-0.2, -0.15) is 0 Å². The number of pyridine rings is 1. The maximum Gasteiger partial charge on any atom is 0.164 e. The van der Waals surface area contributed by atoms with Gasteiger partial charge < -0.3 is 0 Å². The number of aromatic nitrogens is 4. The summed E-state index contributed by atoms with van der Waals surface area (Å²) in [4.78, 5) is 21.4. The molecule has 0 radical (unpaired) electrons. The van der Waals surface area contributed by atoms with Crippen LogP contribution in [-0.2, 0) is 0 Å². The lowest BCUT2D eigenvalue weighted by Crippen LogP contribution is -2.01. The van der Waals surface area contributed by atoms with Gasteiger partial charge in [-0.05, 0) is 82.8 Å². The molecule has 0 bridgehead atoms. The molecule has 0 N–H and O–H groups in total. The Bertz CT molecular complexity index is 3850. The van der Waals surface area contributed by atoms with E-state index in [1.165, 1.54) is 48.5 Å². The number of para-hydroxylation sites is 1. The minimum Gasteiger partial charge on any atom is -0.247 e. The molecule has 0 atom stereocenters. The van der Waals surface area contributed by atoms with Crippen molar-refractivity contribution in [2.75, 3.05) is 0 Å². The molecule has 0 amide bonds. The van der Waals surface area contributed by atoms with E-state index in [2.05, 4.69) is 206 Å². The summed E-state index contributed by atoms with van der Waals surface area (Å²) in [5, 5.41) is 17.6. The lowest BCUT2D eigenvalue weighted by molar-refractivity contribution is 1.08. The average Bonchev–Trinajstić information content (AvgIpc) is 3.35. The lowest BCUT2D eigenvalue weighted by Gasteiger charge is -2.16. The number of fused-ring (bicyclic) bond motifs is 14. The van der Waals surface area contributed by atoms with E-state index < -0.39 is 0 Å². The molecule has 0 aliphatic rings. The van der Waals surface area contributed by atoms with Gasteiger partial charge in [-0.3, -0.25) is 0 Å². The Morgan fingerprint density at radius 1 is 0.242 bits per heavy atom. The highest BCUT2D eigenvalue weighted by atomic mass is 15.0. The molecule has 0 unspecified atom stereocenters. The Morgan fingerprint density at radius 3 is 1.15 bits per heavy atom. The van der Waals surface area contributed by atoms with E-state index in [1.807, 2.05) is 0 Å². The Labute approximate surface area is 356 Å². The number of benzene rings is 11. The first-order valence-electron chi connectivity index (χ1n) is 21.1. The zero-order valence-corrected chi connectivity index (χ0v) is 33.4. The third-order valence-corrected chi connectivity index (χ3v) is 12.6. The Morgan fingerprint density at radius 2 is 0.613 bits per heavy atom. The summed E-state index contributed by atoms with van der Waals surface area (Å²) in [6.07, 6.45) is 0. The quantitative estimate of drug-likeness (QED) is 0.167. The van der Waals surface area contributed by atoms with Gasteiger partial charge in [0.1, 0.15) is 0 Å². The van der Waals surface area contributed by atoms with E-state index in [0.717, 1.165) is 65.8 Å². The molecule has 13 aromatic rings. The minimum atomic E-state index is 0.610. The van der Waals surface area contributed by atoms with Gasteiger partial charge in [0.05, 0.1) is 11.2 Å². The highest BCUT2D eigenvalue weighted by molar-refractivity contribution is 6.33. The van der Waals surface area contributed by atoms with Crippen LogP contribution < -0.4 is 0 Å². The Hall–Kier alpha value is -8.34. The van der Waals surface area contributed by atoms with Crippen LogP contribution in [0.5, 0.6) is 0 Å². The summed E-state index contributed by atoms with van der Waals surface area (Å²) in [6, 6.07) is 73.3. The van der Waals surface area contributed by atoms with Crippen molar-refractivity contribution in [3.05, 3.63) is 206 Å². The average molecular weight is 787 g/mol. The van der Waals surface area contributed by atoms with Gasteiger partial charge in [-0.15, -0.1) is 0 Å². The van der Waals surface area contributed by atoms with Gasteiger partial charge in [0.2, 0.25) is 0 Å². The summed E-state index contributed by atoms with van der Waals surface area (Å²) in [5.41, 5.74) is 5.79. The van der Waals surface area contributed by atoms with Crippen LogP contribution in [0.15, 0.2) is 206 Å². The predicted molar refractivity (Wildman–Crippen MR) is 259 cm³/mol. The molecule has 0 aliphatic heterocycles. The van der Waals surface area contributed by atoms with Crippen molar-refractivity contribution in [1.29, 1.82) is 0 Å². The number of nitrogens with zero attached hydrogens (tertiary/aromatic N) is 4. The van der Waals surface area contributed by atoms with Gasteiger partial charge in [0.15, 0.2) is 17.5 Å². The smallest absolute Gasteiger partial charge is 0.164 e. The largest absolute Gasteiger partial charge is 0.247 e. The summed E-state index contributed by atoms with van der Waals surface area (Å²) in [7, 11) is 0. The van der Waals surface area contributed by atoms with Crippen molar-refractivity contribution in [3.63, 3.8) is 0 Å². The van der Waals surface area contributed by atoms with E-state index in [9.17, 15) is 0 Å². The third kappa shape index (κ3) is 5.27. The second-order valence-electron chi connectivity index (χ2n) is 16.1. The van der Waals surface area contributed by atoms with E-state index in [1.54, 1.807) is 0 Å². The minimum absolute atomic E-state index is 0.610. The van der Waals surface area contributed by atoms with Gasteiger partial charge in [-0.1, -0.05) is 188 Å². The second kappa shape index (κ2) is 13.6. The topological polar surface area (TPSA) is 51.6 Å². The Kier molecular flexibility index (Phi) is 7.57. The van der Waals surface area contributed by atoms with Gasteiger partial charge >= 0.3 is 0 Å². The molecule has 286 valence electrons. The number of rotatable bonds is 4. The number of hydrogen-bond donors (Lipinski definition) is 0. The second-order valence-corrected chi connectivity index (χ2v) is 16.1. The van der Waals surface area contributed by atoms with E-state index >= 15 is 0 Å². The zero-order valence-electron chi connectivity index (χ0n) is 33.4. The van der Waals surface area contributed by atoms with Crippen LogP contribution in [0.1, 0.15) is 0 Å². The van der Waals surface area contributed by atoms with Crippen LogP contribution in [0.2, 0.25) is 0 Å². The lowest BCUT2D eigenvalue weighted by atomic mass is 9.90. The van der Waals surface area contributed by atoms with Crippen LogP contribution in [0.25, 0.3) is 132 Å². The normalized spacial score (nSPS) is 11.9. The SMILES string of the molecule is c1ccc2c(c1)cc(-c1nc(-c3ccc(-c4nc5ccccc5c5c6ccccc6c6ccccc6c45)cc3)nc(-c3cc4ccccc4c4ccccc34)n1)c1ccccc12. The molecule has 0 spiro atoms. The number of hydrogen-bond acceptors (Lipinski definition) is 4. The van der Waals surface area contributed by atoms with Crippen LogP contribution >= 0.6 is 0 Å². The molecule has 0 fully saturated rings. The monoisotopic (exact) mass is 786 g/mol. The van der Waals surface area contributed by atoms with Crippen molar-refractivity contribution in [2.24, 2.45) is 0 Å².